The Morgan fingerprint density at radius 3 is 2.38 bits per heavy atom. The molecule has 0 saturated heterocycles. The van der Waals surface area contributed by atoms with Crippen LogP contribution in [0.15, 0.2) is 71.4 Å². The van der Waals surface area contributed by atoms with Crippen LogP contribution in [-0.4, -0.2) is 16.7 Å². The number of thiophene rings is 3. The molecule has 0 radical (unpaired) electrons. The van der Waals surface area contributed by atoms with Gasteiger partial charge in [-0.15, -0.1) is 34.0 Å². The van der Waals surface area contributed by atoms with Gasteiger partial charge in [-0.2, -0.15) is 13.2 Å². The Morgan fingerprint density at radius 1 is 1.00 bits per heavy atom. The van der Waals surface area contributed by atoms with Crippen LogP contribution in [0.3, 0.4) is 0 Å². The van der Waals surface area contributed by atoms with Crippen molar-refractivity contribution >= 4 is 73.4 Å². The highest BCUT2D eigenvalue weighted by Gasteiger charge is 2.36. The topological polar surface area (TPSA) is 85.1 Å². The molecule has 11 heteroatoms. The summed E-state index contributed by atoms with van der Waals surface area (Å²) >= 11 is 3.58. The monoisotopic (exact) mass is 555 g/mol. The third-order valence-electron chi connectivity index (χ3n) is 5.35. The number of benzene rings is 1. The number of hydrogen-bond donors (Lipinski definition) is 2. The third-order valence-corrected chi connectivity index (χ3v) is 8.18. The first-order chi connectivity index (χ1) is 17.7. The summed E-state index contributed by atoms with van der Waals surface area (Å²) in [6.45, 7) is 0. The van der Waals surface area contributed by atoms with Gasteiger partial charge in [0.2, 0.25) is 0 Å². The highest BCUT2D eigenvalue weighted by molar-refractivity contribution is 7.21. The minimum absolute atomic E-state index is 0.0272. The van der Waals surface area contributed by atoms with Crippen molar-refractivity contribution in [1.29, 1.82) is 0 Å². The highest BCUT2D eigenvalue weighted by Crippen LogP contribution is 2.44. The van der Waals surface area contributed by atoms with E-state index in [0.29, 0.717) is 16.1 Å². The smallest absolute Gasteiger partial charge is 0.397 e. The minimum atomic E-state index is -4.68. The molecule has 5 aromatic rings. The molecule has 37 heavy (non-hydrogen) atoms. The van der Waals surface area contributed by atoms with Crippen LogP contribution in [0.4, 0.5) is 24.5 Å². The fourth-order valence-electron chi connectivity index (χ4n) is 3.61. The molecule has 0 unspecified atom stereocenters. The molecule has 0 spiro atoms. The molecule has 1 aromatic carbocycles. The lowest BCUT2D eigenvalue weighted by Gasteiger charge is -2.10. The van der Waals surface area contributed by atoms with Gasteiger partial charge in [-0.1, -0.05) is 12.1 Å². The number of nitrogens with one attached hydrogen (secondary N) is 1. The van der Waals surface area contributed by atoms with Gasteiger partial charge in [0, 0.05) is 21.5 Å². The van der Waals surface area contributed by atoms with E-state index in [-0.39, 0.29) is 32.3 Å². The molecule has 5 rings (SSSR count). The van der Waals surface area contributed by atoms with Crippen molar-refractivity contribution in [2.45, 2.75) is 6.18 Å². The normalized spacial score (nSPS) is 11.9. The van der Waals surface area contributed by atoms with Crippen molar-refractivity contribution in [2.24, 2.45) is 0 Å². The van der Waals surface area contributed by atoms with Gasteiger partial charge in [0.25, 0.3) is 5.91 Å². The fraction of sp³-hybridized carbons (Fsp3) is 0.0385. The molecule has 0 aliphatic carbocycles. The van der Waals surface area contributed by atoms with Crippen molar-refractivity contribution in [3.05, 3.63) is 92.3 Å². The van der Waals surface area contributed by atoms with Gasteiger partial charge in [0.05, 0.1) is 21.8 Å². The number of rotatable bonds is 6. The van der Waals surface area contributed by atoms with Crippen molar-refractivity contribution in [1.82, 2.24) is 4.98 Å². The van der Waals surface area contributed by atoms with Crippen LogP contribution in [0.2, 0.25) is 0 Å². The summed E-state index contributed by atoms with van der Waals surface area (Å²) in [5.74, 6) is -0.865. The second kappa shape index (κ2) is 9.92. The summed E-state index contributed by atoms with van der Waals surface area (Å²) in [4.78, 5) is 31.2. The first kappa shape index (κ1) is 24.9. The molecular weight excluding hydrogens is 540 g/mol. The molecule has 0 aliphatic rings. The number of carbonyl (C=O) groups is 2. The van der Waals surface area contributed by atoms with Crippen LogP contribution in [0.1, 0.15) is 30.5 Å². The number of hydrogen-bond acceptors (Lipinski definition) is 7. The van der Waals surface area contributed by atoms with Crippen molar-refractivity contribution in [3.8, 4) is 10.6 Å². The molecule has 0 bridgehead atoms. The second-order valence-electron chi connectivity index (χ2n) is 7.80. The van der Waals surface area contributed by atoms with Gasteiger partial charge in [0.1, 0.15) is 9.71 Å². The minimum Gasteiger partial charge on any atom is -0.397 e. The summed E-state index contributed by atoms with van der Waals surface area (Å²) < 4.78 is 41.7. The van der Waals surface area contributed by atoms with Crippen molar-refractivity contribution in [2.75, 3.05) is 11.1 Å². The Labute approximate surface area is 220 Å². The molecule has 186 valence electrons. The summed E-state index contributed by atoms with van der Waals surface area (Å²) in [6.07, 6.45) is -1.50. The molecule has 0 fully saturated rings. The van der Waals surface area contributed by atoms with Crippen LogP contribution in [0, 0.1) is 0 Å². The Kier molecular flexibility index (Phi) is 6.67. The number of carbonyl (C=O) groups excluding carboxylic acids is 2. The van der Waals surface area contributed by atoms with Crippen LogP contribution in [-0.2, 0) is 6.18 Å². The fourth-order valence-corrected chi connectivity index (χ4v) is 5.93. The number of aromatic nitrogens is 1. The second-order valence-corrected chi connectivity index (χ2v) is 10.7. The zero-order chi connectivity index (χ0) is 26.2. The highest BCUT2D eigenvalue weighted by atomic mass is 32.1. The van der Waals surface area contributed by atoms with Crippen molar-refractivity contribution in [3.63, 3.8) is 0 Å². The van der Waals surface area contributed by atoms with E-state index in [1.165, 1.54) is 28.7 Å². The quantitative estimate of drug-likeness (QED) is 0.165. The van der Waals surface area contributed by atoms with E-state index in [4.69, 9.17) is 5.73 Å². The Bertz CT molecular complexity index is 1620. The SMILES string of the molecule is Nc1c(C(=O)Nc2ccc(C(=O)C=Cc3cccs3)cc2)sc2nc(-c3cccs3)cc(C(F)(F)F)c12. The molecule has 4 heterocycles. The molecular formula is C26H16F3N3O2S3. The number of nitrogens with two attached hydrogens (primary N) is 1. The van der Waals surface area contributed by atoms with Gasteiger partial charge in [-0.3, -0.25) is 9.59 Å². The van der Waals surface area contributed by atoms with Gasteiger partial charge >= 0.3 is 6.18 Å². The maximum Gasteiger partial charge on any atom is 0.417 e. The van der Waals surface area contributed by atoms with Gasteiger partial charge in [-0.05, 0) is 65.4 Å². The van der Waals surface area contributed by atoms with E-state index in [1.54, 1.807) is 47.9 Å². The number of anilines is 2. The molecule has 3 N–H and O–H groups in total. The number of halogens is 3. The third kappa shape index (κ3) is 5.19. The average molecular weight is 556 g/mol. The number of pyridine rings is 1. The lowest BCUT2D eigenvalue weighted by Crippen LogP contribution is -2.12. The average Bonchev–Trinajstić information content (AvgIpc) is 3.64. The Hall–Kier alpha value is -3.80. The van der Waals surface area contributed by atoms with Gasteiger partial charge < -0.3 is 11.1 Å². The lowest BCUT2D eigenvalue weighted by molar-refractivity contribution is -0.136. The van der Waals surface area contributed by atoms with E-state index in [9.17, 15) is 22.8 Å². The molecule has 0 aliphatic heterocycles. The summed E-state index contributed by atoms with van der Waals surface area (Å²) in [5.41, 5.74) is 5.79. The molecule has 1 amide bonds. The number of nitrogens with zero attached hydrogens (tertiary/aromatic N) is 1. The Balaban J connectivity index is 1.41. The number of nitrogen functional groups attached to an aromatic ring is 1. The first-order valence-electron chi connectivity index (χ1n) is 10.7. The number of alkyl halides is 3. The Morgan fingerprint density at radius 2 is 1.73 bits per heavy atom. The number of ketones is 1. The summed E-state index contributed by atoms with van der Waals surface area (Å²) in [5, 5.41) is 6.00. The molecule has 0 saturated carbocycles. The standard InChI is InChI=1S/C26H16F3N3O2S3/c27-26(28,29)17-13-18(20-4-2-12-36-20)32-25-21(17)22(30)23(37-25)24(34)31-15-7-5-14(6-8-15)19(33)10-9-16-3-1-11-35-16/h1-13H,30H2,(H,31,34). The predicted octanol–water partition coefficient (Wildman–Crippen LogP) is 7.84. The maximum absolute atomic E-state index is 13.9. The van der Waals surface area contributed by atoms with E-state index in [0.717, 1.165) is 22.3 Å². The zero-order valence-electron chi connectivity index (χ0n) is 18.7. The van der Waals surface area contributed by atoms with Gasteiger partial charge in [0.15, 0.2) is 5.78 Å². The summed E-state index contributed by atoms with van der Waals surface area (Å²) in [6, 6.07) is 14.3. The largest absolute Gasteiger partial charge is 0.417 e. The van der Waals surface area contributed by atoms with Crippen LogP contribution in [0.5, 0.6) is 0 Å². The summed E-state index contributed by atoms with van der Waals surface area (Å²) in [7, 11) is 0. The van der Waals surface area contributed by atoms with E-state index in [1.807, 2.05) is 17.5 Å². The first-order valence-corrected chi connectivity index (χ1v) is 13.3. The molecule has 4 aromatic heterocycles. The molecule has 0 atom stereocenters. The lowest BCUT2D eigenvalue weighted by atomic mass is 10.1. The number of amides is 1. The van der Waals surface area contributed by atoms with E-state index >= 15 is 0 Å². The van der Waals surface area contributed by atoms with Crippen LogP contribution < -0.4 is 11.1 Å². The zero-order valence-corrected chi connectivity index (χ0v) is 21.2. The maximum atomic E-state index is 13.9. The van der Waals surface area contributed by atoms with Gasteiger partial charge in [-0.25, -0.2) is 4.98 Å². The van der Waals surface area contributed by atoms with E-state index < -0.39 is 17.6 Å². The van der Waals surface area contributed by atoms with Crippen molar-refractivity contribution < 1.29 is 22.8 Å². The van der Waals surface area contributed by atoms with E-state index in [2.05, 4.69) is 10.3 Å². The van der Waals surface area contributed by atoms with Crippen LogP contribution >= 0.6 is 34.0 Å². The number of fused-ring (bicyclic) bond motifs is 1. The molecule has 5 nitrogen and oxygen atoms in total. The van der Waals surface area contributed by atoms with Crippen LogP contribution in [0.25, 0.3) is 26.9 Å². The number of allylic oxidation sites excluding steroid dienone is 1. The predicted molar refractivity (Wildman–Crippen MR) is 144 cm³/mol.